The topological polar surface area (TPSA) is 145 Å². The van der Waals surface area contributed by atoms with Crippen LogP contribution in [0, 0.1) is 5.92 Å². The van der Waals surface area contributed by atoms with Crippen molar-refractivity contribution < 1.29 is 29.0 Å². The molecule has 4 atom stereocenters. The zero-order chi connectivity index (χ0) is 38.5. The van der Waals surface area contributed by atoms with Crippen LogP contribution in [0.1, 0.15) is 68.4 Å². The van der Waals surface area contributed by atoms with E-state index in [0.717, 1.165) is 24.0 Å². The summed E-state index contributed by atoms with van der Waals surface area (Å²) < 4.78 is 6.95. The lowest BCUT2D eigenvalue weighted by molar-refractivity contribution is -0.149. The first kappa shape index (κ1) is 39.6. The summed E-state index contributed by atoms with van der Waals surface area (Å²) >= 11 is 0. The molecular formula is C42H54N4O6Si. The lowest BCUT2D eigenvalue weighted by atomic mass is 9.82. The number of benzene rings is 3. The monoisotopic (exact) mass is 738 g/mol. The summed E-state index contributed by atoms with van der Waals surface area (Å²) in [4.78, 5) is 57.4. The predicted octanol–water partition coefficient (Wildman–Crippen LogP) is 6.77. The minimum Gasteiger partial charge on any atom is -0.432 e. The van der Waals surface area contributed by atoms with Gasteiger partial charge in [-0.2, -0.15) is 0 Å². The fourth-order valence-electron chi connectivity index (χ4n) is 7.83. The van der Waals surface area contributed by atoms with E-state index in [-0.39, 0.29) is 37.3 Å². The number of carbonyl (C=O) groups is 3. The van der Waals surface area contributed by atoms with Crippen molar-refractivity contribution in [2.45, 2.75) is 83.8 Å². The van der Waals surface area contributed by atoms with Crippen molar-refractivity contribution in [2.75, 3.05) is 35.6 Å². The quantitative estimate of drug-likeness (QED) is 0.0812. The second-order valence-corrected chi connectivity index (χ2v) is 19.2. The largest absolute Gasteiger partial charge is 0.432 e. The maximum atomic E-state index is 14.9. The highest BCUT2D eigenvalue weighted by Crippen LogP contribution is 2.60. The number of carbonyl (C=O) groups excluding carboxylic acids is 3. The van der Waals surface area contributed by atoms with Gasteiger partial charge in [-0.05, 0) is 94.7 Å². The lowest BCUT2D eigenvalue weighted by Gasteiger charge is -2.32. The summed E-state index contributed by atoms with van der Waals surface area (Å²) in [6.07, 6.45) is 5.18. The van der Waals surface area contributed by atoms with Crippen LogP contribution in [0.3, 0.4) is 0 Å². The number of aliphatic hydroxyl groups excluding tert-OH is 1. The summed E-state index contributed by atoms with van der Waals surface area (Å²) in [5.41, 5.74) is 9.89. The molecule has 11 heteroatoms. The zero-order valence-electron chi connectivity index (χ0n) is 31.8. The smallest absolute Gasteiger partial charge is 0.264 e. The van der Waals surface area contributed by atoms with Crippen LogP contribution in [-0.4, -0.2) is 66.6 Å². The van der Waals surface area contributed by atoms with Crippen LogP contribution in [0.4, 0.5) is 17.1 Å². The van der Waals surface area contributed by atoms with Crippen LogP contribution < -0.4 is 16.0 Å². The molecule has 2 aliphatic heterocycles. The van der Waals surface area contributed by atoms with Gasteiger partial charge in [0.1, 0.15) is 0 Å². The number of nitrogens with two attached hydrogens (primary N) is 1. The number of rotatable bonds is 14. The summed E-state index contributed by atoms with van der Waals surface area (Å²) in [6.45, 7) is 12.3. The Labute approximate surface area is 314 Å². The van der Waals surface area contributed by atoms with Crippen LogP contribution in [0.5, 0.6) is 0 Å². The van der Waals surface area contributed by atoms with E-state index in [1.165, 1.54) is 5.57 Å². The molecule has 0 bridgehead atoms. The van der Waals surface area contributed by atoms with Crippen molar-refractivity contribution in [1.29, 1.82) is 0 Å². The summed E-state index contributed by atoms with van der Waals surface area (Å²) in [5.74, 6) is -1.33. The maximum Gasteiger partial charge on any atom is 0.264 e. The fraction of sp³-hybridized carbons (Fsp3) is 0.405. The molecule has 10 nitrogen and oxygen atoms in total. The summed E-state index contributed by atoms with van der Waals surface area (Å²) in [6, 6.07) is 21.6. The average Bonchev–Trinajstić information content (AvgIpc) is 3.53. The first-order valence-corrected chi connectivity index (χ1v) is 21.4. The van der Waals surface area contributed by atoms with E-state index < -0.39 is 31.5 Å². The number of anilines is 3. The Bertz CT molecular complexity index is 1850. The number of fused-ring (bicyclic) bond motifs is 2. The van der Waals surface area contributed by atoms with Gasteiger partial charge in [-0.25, -0.2) is 0 Å². The van der Waals surface area contributed by atoms with Gasteiger partial charge in [-0.15, -0.1) is 0 Å². The third-order valence-corrected chi connectivity index (χ3v) is 12.9. The number of hydrogen-bond acceptors (Lipinski definition) is 7. The Balaban J connectivity index is 1.52. The lowest BCUT2D eigenvalue weighted by Crippen LogP contribution is -2.46. The van der Waals surface area contributed by atoms with Gasteiger partial charge in [-0.1, -0.05) is 60.6 Å². The molecule has 0 aromatic heterocycles. The molecule has 53 heavy (non-hydrogen) atoms. The molecule has 0 radical (unpaired) electrons. The number of allylic oxidation sites excluding steroid dienone is 3. The maximum absolute atomic E-state index is 14.9. The Kier molecular flexibility index (Phi) is 12.4. The number of amides is 3. The normalized spacial score (nSPS) is 21.1. The van der Waals surface area contributed by atoms with Crippen LogP contribution in [0.25, 0.3) is 0 Å². The Hall–Kier alpha value is -4.55. The number of ether oxygens (including phenoxy) is 1. The first-order valence-electron chi connectivity index (χ1n) is 18.4. The van der Waals surface area contributed by atoms with E-state index >= 15 is 0 Å². The third kappa shape index (κ3) is 8.81. The highest BCUT2D eigenvalue weighted by molar-refractivity contribution is 6.71. The van der Waals surface area contributed by atoms with Crippen LogP contribution >= 0.6 is 0 Å². The second-order valence-electron chi connectivity index (χ2n) is 15.2. The molecule has 3 amide bonds. The van der Waals surface area contributed by atoms with Crippen molar-refractivity contribution in [3.8, 4) is 0 Å². The molecule has 1 spiro atoms. The van der Waals surface area contributed by atoms with Gasteiger partial charge in [0.25, 0.3) is 11.8 Å². The average molecular weight is 739 g/mol. The molecule has 0 unspecified atom stereocenters. The first-order chi connectivity index (χ1) is 25.1. The molecule has 5 N–H and O–H groups in total. The SMILES string of the molecule is CC(C)=CCC/C(C)=C/CN1C(=O)[C@]2(O[C@H](CC(=O)N(CCO)Cc3ccccc3)[C@@H]([Si](C)(C)O)[C@@H]2C)c2cc(NC(=O)c3ccc(N)cc3)ccc21. The molecular weight excluding hydrogens is 685 g/mol. The van der Waals surface area contributed by atoms with Crippen LogP contribution in [0.15, 0.2) is 96.1 Å². The summed E-state index contributed by atoms with van der Waals surface area (Å²) in [7, 11) is -3.07. The van der Waals surface area contributed by atoms with Crippen molar-refractivity contribution in [3.05, 3.63) is 113 Å². The molecule has 2 heterocycles. The molecule has 0 aliphatic carbocycles. The molecule has 3 aromatic carbocycles. The Morgan fingerprint density at radius 3 is 2.38 bits per heavy atom. The minimum atomic E-state index is -3.07. The molecule has 3 aromatic rings. The molecule has 5 rings (SSSR count). The van der Waals surface area contributed by atoms with Crippen LogP contribution in [-0.2, 0) is 26.5 Å². The van der Waals surface area contributed by atoms with Gasteiger partial charge < -0.3 is 35.5 Å². The molecule has 1 fully saturated rings. The molecule has 0 saturated carbocycles. The van der Waals surface area contributed by atoms with E-state index in [1.807, 2.05) is 56.4 Å². The Morgan fingerprint density at radius 1 is 1.04 bits per heavy atom. The van der Waals surface area contributed by atoms with E-state index in [2.05, 4.69) is 38.2 Å². The van der Waals surface area contributed by atoms with Crippen LogP contribution in [0.2, 0.25) is 18.6 Å². The van der Waals surface area contributed by atoms with Crippen molar-refractivity contribution in [1.82, 2.24) is 4.90 Å². The van der Waals surface area contributed by atoms with Gasteiger partial charge in [0, 0.05) is 53.6 Å². The molecule has 1 saturated heterocycles. The van der Waals surface area contributed by atoms with E-state index in [1.54, 1.807) is 46.2 Å². The van der Waals surface area contributed by atoms with Gasteiger partial charge in [0.15, 0.2) is 13.9 Å². The number of nitrogen functional groups attached to an aromatic ring is 1. The highest BCUT2D eigenvalue weighted by Gasteiger charge is 2.66. The zero-order valence-corrected chi connectivity index (χ0v) is 32.8. The highest BCUT2D eigenvalue weighted by atomic mass is 28.4. The number of aliphatic hydroxyl groups is 1. The minimum absolute atomic E-state index is 0.0693. The fourth-order valence-corrected chi connectivity index (χ4v) is 10.4. The van der Waals surface area contributed by atoms with E-state index in [4.69, 9.17) is 10.5 Å². The number of hydrogen-bond donors (Lipinski definition) is 4. The number of nitrogens with zero attached hydrogens (tertiary/aromatic N) is 2. The third-order valence-electron chi connectivity index (χ3n) is 10.4. The van der Waals surface area contributed by atoms with Gasteiger partial charge in [0.2, 0.25) is 5.91 Å². The second kappa shape index (κ2) is 16.6. The Morgan fingerprint density at radius 2 is 1.74 bits per heavy atom. The summed E-state index contributed by atoms with van der Waals surface area (Å²) in [5, 5.41) is 12.8. The van der Waals surface area contributed by atoms with Gasteiger partial charge >= 0.3 is 0 Å². The van der Waals surface area contributed by atoms with E-state index in [9.17, 15) is 24.3 Å². The van der Waals surface area contributed by atoms with Crippen molar-refractivity contribution >= 4 is 43.1 Å². The van der Waals surface area contributed by atoms with Gasteiger partial charge in [-0.3, -0.25) is 14.4 Å². The van der Waals surface area contributed by atoms with Crippen molar-refractivity contribution in [2.24, 2.45) is 5.92 Å². The standard InChI is InChI=1S/C42H54N4O6Si/c1-28(2)11-10-12-29(3)21-22-46-36-20-19-34(44-40(49)32-15-17-33(43)18-16-32)25-35(36)42(41(46)50)30(4)39(53(5,6)51)37(52-42)26-38(48)45(23-24-47)27-31-13-8-7-9-14-31/h7-9,11,13-21,25,30,37,39,47,51H,10,12,22-24,26-27,43H2,1-6H3,(H,44,49)/b29-21+/t30-,37+,39-,42+/m0/s1. The van der Waals surface area contributed by atoms with Gasteiger partial charge in [0.05, 0.1) is 24.8 Å². The number of nitrogens with one attached hydrogen (secondary N) is 1. The predicted molar refractivity (Wildman–Crippen MR) is 213 cm³/mol. The van der Waals surface area contributed by atoms with E-state index in [0.29, 0.717) is 41.3 Å². The molecule has 282 valence electrons. The molecule has 2 aliphatic rings. The van der Waals surface area contributed by atoms with Crippen molar-refractivity contribution in [3.63, 3.8) is 0 Å².